The zero-order chi connectivity index (χ0) is 11.6. The van der Waals surface area contributed by atoms with Crippen LogP contribution in [-0.4, -0.2) is 26.1 Å². The van der Waals surface area contributed by atoms with Crippen LogP contribution >= 0.6 is 15.9 Å². The third-order valence-corrected chi connectivity index (χ3v) is 2.40. The molecule has 0 aliphatic heterocycles. The van der Waals surface area contributed by atoms with Crippen LogP contribution in [0.5, 0.6) is 0 Å². The second kappa shape index (κ2) is 4.32. The number of carboxylic acid groups (broad SMARTS) is 1. The van der Waals surface area contributed by atoms with Crippen molar-refractivity contribution in [2.45, 2.75) is 6.10 Å². The number of pyridine rings is 1. The predicted octanol–water partition coefficient (Wildman–Crippen LogP) is 0.870. The molecule has 1 heterocycles. The van der Waals surface area contributed by atoms with Crippen LogP contribution in [0.15, 0.2) is 16.7 Å². The highest BCUT2D eigenvalue weighted by atomic mass is 79.9. The number of nitro groups is 1. The number of halogens is 1. The maximum absolute atomic E-state index is 10.5. The lowest BCUT2D eigenvalue weighted by Gasteiger charge is -2.06. The van der Waals surface area contributed by atoms with E-state index in [1.54, 1.807) is 0 Å². The van der Waals surface area contributed by atoms with Gasteiger partial charge in [0.1, 0.15) is 10.2 Å². The van der Waals surface area contributed by atoms with Crippen LogP contribution in [0.25, 0.3) is 0 Å². The van der Waals surface area contributed by atoms with Crippen LogP contribution in [0.4, 0.5) is 5.69 Å². The van der Waals surface area contributed by atoms with Crippen molar-refractivity contribution >= 4 is 27.6 Å². The van der Waals surface area contributed by atoms with Crippen molar-refractivity contribution in [2.24, 2.45) is 0 Å². The first kappa shape index (κ1) is 11.5. The lowest BCUT2D eigenvalue weighted by Crippen LogP contribution is -2.13. The molecule has 1 rings (SSSR count). The lowest BCUT2D eigenvalue weighted by molar-refractivity contribution is -0.385. The van der Waals surface area contributed by atoms with E-state index >= 15 is 0 Å². The van der Waals surface area contributed by atoms with Crippen molar-refractivity contribution < 1.29 is 19.9 Å². The van der Waals surface area contributed by atoms with Crippen molar-refractivity contribution in [3.63, 3.8) is 0 Å². The molecular weight excluding hydrogens is 272 g/mol. The van der Waals surface area contributed by atoms with Gasteiger partial charge in [-0.05, 0) is 15.9 Å². The molecule has 0 aliphatic rings. The molecule has 0 saturated heterocycles. The zero-order valence-corrected chi connectivity index (χ0v) is 8.71. The molecule has 1 atom stereocenters. The smallest absolute Gasteiger partial charge is 0.338 e. The molecule has 15 heavy (non-hydrogen) atoms. The van der Waals surface area contributed by atoms with Gasteiger partial charge in [-0.3, -0.25) is 15.1 Å². The van der Waals surface area contributed by atoms with Gasteiger partial charge in [0.25, 0.3) is 5.69 Å². The van der Waals surface area contributed by atoms with Gasteiger partial charge in [-0.25, -0.2) is 4.79 Å². The maximum Gasteiger partial charge on any atom is 0.338 e. The molecule has 2 N–H and O–H groups in total. The Morgan fingerprint density at radius 3 is 2.73 bits per heavy atom. The highest BCUT2D eigenvalue weighted by molar-refractivity contribution is 9.10. The number of hydrogen-bond donors (Lipinski definition) is 2. The van der Waals surface area contributed by atoms with E-state index in [9.17, 15) is 20.0 Å². The number of rotatable bonds is 3. The van der Waals surface area contributed by atoms with E-state index in [-0.39, 0.29) is 15.9 Å². The van der Waals surface area contributed by atoms with Gasteiger partial charge in [-0.2, -0.15) is 0 Å². The highest BCUT2D eigenvalue weighted by Crippen LogP contribution is 2.30. The fourth-order valence-electron chi connectivity index (χ4n) is 0.898. The first-order valence-electron chi connectivity index (χ1n) is 3.64. The van der Waals surface area contributed by atoms with Gasteiger partial charge in [0, 0.05) is 12.3 Å². The minimum atomic E-state index is -1.89. The summed E-state index contributed by atoms with van der Waals surface area (Å²) in [5, 5.41) is 28.2. The Morgan fingerprint density at radius 1 is 1.67 bits per heavy atom. The molecule has 8 heteroatoms. The average Bonchev–Trinajstić information content (AvgIpc) is 2.16. The summed E-state index contributed by atoms with van der Waals surface area (Å²) in [4.78, 5) is 23.8. The molecule has 0 saturated carbocycles. The standard InChI is InChI=1S/C7H5BrN2O5/c8-4-3(10(14)15)1-2-9-5(4)6(11)7(12)13/h1-2,6,11H,(H,12,13). The van der Waals surface area contributed by atoms with E-state index in [4.69, 9.17) is 5.11 Å². The van der Waals surface area contributed by atoms with Crippen molar-refractivity contribution in [3.05, 3.63) is 32.5 Å². The van der Waals surface area contributed by atoms with E-state index in [1.165, 1.54) is 0 Å². The molecule has 80 valence electrons. The summed E-state index contributed by atoms with van der Waals surface area (Å²) in [6, 6.07) is 1.10. The molecule has 1 aromatic rings. The predicted molar refractivity (Wildman–Crippen MR) is 51.2 cm³/mol. The van der Waals surface area contributed by atoms with E-state index in [0.717, 1.165) is 12.3 Å². The average molecular weight is 277 g/mol. The molecule has 1 aromatic heterocycles. The number of hydrogen-bond acceptors (Lipinski definition) is 5. The van der Waals surface area contributed by atoms with Crippen LogP contribution in [0.2, 0.25) is 0 Å². The van der Waals surface area contributed by atoms with E-state index in [1.807, 2.05) is 0 Å². The fourth-order valence-corrected chi connectivity index (χ4v) is 1.49. The third kappa shape index (κ3) is 2.28. The van der Waals surface area contributed by atoms with Crippen LogP contribution < -0.4 is 0 Å². The monoisotopic (exact) mass is 276 g/mol. The Bertz CT molecular complexity index is 422. The maximum atomic E-state index is 10.5. The Morgan fingerprint density at radius 2 is 2.27 bits per heavy atom. The lowest BCUT2D eigenvalue weighted by atomic mass is 10.2. The second-order valence-corrected chi connectivity index (χ2v) is 3.32. The molecule has 0 aliphatic carbocycles. The molecular formula is C7H5BrN2O5. The van der Waals surface area contributed by atoms with Gasteiger partial charge in [-0.15, -0.1) is 0 Å². The first-order chi connectivity index (χ1) is 6.95. The summed E-state index contributed by atoms with van der Waals surface area (Å²) < 4.78 is -0.134. The van der Waals surface area contributed by atoms with Crippen LogP contribution in [0.3, 0.4) is 0 Å². The number of aromatic nitrogens is 1. The summed E-state index contributed by atoms with van der Waals surface area (Å²) in [5.74, 6) is -1.52. The number of nitrogens with zero attached hydrogens (tertiary/aromatic N) is 2. The van der Waals surface area contributed by atoms with E-state index in [0.29, 0.717) is 0 Å². The summed E-state index contributed by atoms with van der Waals surface area (Å²) in [7, 11) is 0. The summed E-state index contributed by atoms with van der Waals surface area (Å²) in [6.45, 7) is 0. The Hall–Kier alpha value is -1.54. The number of aliphatic hydroxyl groups is 1. The molecule has 0 fully saturated rings. The zero-order valence-electron chi connectivity index (χ0n) is 7.12. The van der Waals surface area contributed by atoms with Gasteiger partial charge >= 0.3 is 5.97 Å². The largest absolute Gasteiger partial charge is 0.479 e. The molecule has 0 radical (unpaired) electrons. The van der Waals surface area contributed by atoms with Crippen molar-refractivity contribution in [1.29, 1.82) is 0 Å². The number of aliphatic carboxylic acids is 1. The number of aliphatic hydroxyl groups excluding tert-OH is 1. The first-order valence-corrected chi connectivity index (χ1v) is 4.44. The van der Waals surface area contributed by atoms with Gasteiger partial charge < -0.3 is 10.2 Å². The van der Waals surface area contributed by atoms with E-state index in [2.05, 4.69) is 20.9 Å². The summed E-state index contributed by atoms with van der Waals surface area (Å²) in [5.41, 5.74) is -0.642. The summed E-state index contributed by atoms with van der Waals surface area (Å²) in [6.07, 6.45) is -0.830. The quantitative estimate of drug-likeness (QED) is 0.626. The second-order valence-electron chi connectivity index (χ2n) is 2.53. The topological polar surface area (TPSA) is 114 Å². The van der Waals surface area contributed by atoms with Gasteiger partial charge in [0.05, 0.1) is 4.92 Å². The Balaban J connectivity index is 3.26. The van der Waals surface area contributed by atoms with Crippen molar-refractivity contribution in [3.8, 4) is 0 Å². The molecule has 1 unspecified atom stereocenters. The normalized spacial score (nSPS) is 12.1. The SMILES string of the molecule is O=C(O)C(O)c1nccc([N+](=O)[O-])c1Br. The molecule has 0 bridgehead atoms. The third-order valence-electron chi connectivity index (χ3n) is 1.59. The minimum absolute atomic E-state index is 0.134. The van der Waals surface area contributed by atoms with Gasteiger partial charge in [-0.1, -0.05) is 0 Å². The van der Waals surface area contributed by atoms with Crippen molar-refractivity contribution in [2.75, 3.05) is 0 Å². The van der Waals surface area contributed by atoms with Crippen LogP contribution in [0.1, 0.15) is 11.8 Å². The minimum Gasteiger partial charge on any atom is -0.479 e. The molecule has 0 amide bonds. The number of carbonyl (C=O) groups is 1. The Labute approximate surface area is 91.7 Å². The van der Waals surface area contributed by atoms with Crippen molar-refractivity contribution in [1.82, 2.24) is 4.98 Å². The molecule has 0 spiro atoms. The molecule has 0 aromatic carbocycles. The Kier molecular flexibility index (Phi) is 3.32. The van der Waals surface area contributed by atoms with Crippen LogP contribution in [0, 0.1) is 10.1 Å². The summed E-state index contributed by atoms with van der Waals surface area (Å²) >= 11 is 2.82. The van der Waals surface area contributed by atoms with Gasteiger partial charge in [0.15, 0.2) is 6.10 Å². The van der Waals surface area contributed by atoms with E-state index < -0.39 is 17.0 Å². The number of carboxylic acids is 1. The van der Waals surface area contributed by atoms with Crippen LogP contribution in [-0.2, 0) is 4.79 Å². The van der Waals surface area contributed by atoms with Gasteiger partial charge in [0.2, 0.25) is 0 Å². The fraction of sp³-hybridized carbons (Fsp3) is 0.143. The highest BCUT2D eigenvalue weighted by Gasteiger charge is 2.25. The molecule has 7 nitrogen and oxygen atoms in total.